The van der Waals surface area contributed by atoms with Crippen LogP contribution in [0.2, 0.25) is 0 Å². The zero-order valence-corrected chi connectivity index (χ0v) is 17.8. The van der Waals surface area contributed by atoms with Crippen molar-refractivity contribution >= 4 is 23.4 Å². The Bertz CT molecular complexity index is 1330. The highest BCUT2D eigenvalue weighted by atomic mass is 32.2. The molecule has 1 aromatic heterocycles. The molecule has 0 bridgehead atoms. The summed E-state index contributed by atoms with van der Waals surface area (Å²) >= 11 is 1.14. The summed E-state index contributed by atoms with van der Waals surface area (Å²) in [7, 11) is 0. The van der Waals surface area contributed by atoms with Gasteiger partial charge in [0.2, 0.25) is 12.7 Å². The van der Waals surface area contributed by atoms with Crippen LogP contribution in [0.5, 0.6) is 11.5 Å². The molecule has 10 heteroatoms. The van der Waals surface area contributed by atoms with Gasteiger partial charge >= 0.3 is 0 Å². The molecule has 0 saturated carbocycles. The van der Waals surface area contributed by atoms with E-state index in [0.29, 0.717) is 28.5 Å². The molecule has 0 unspecified atom stereocenters. The molecule has 0 aliphatic carbocycles. The van der Waals surface area contributed by atoms with Crippen LogP contribution in [0, 0.1) is 11.6 Å². The molecule has 166 valence electrons. The second kappa shape index (κ2) is 8.91. The Hall–Kier alpha value is -3.92. The number of aromatic nitrogens is 3. The van der Waals surface area contributed by atoms with Gasteiger partial charge in [-0.3, -0.25) is 9.36 Å². The van der Waals surface area contributed by atoms with Crippen molar-refractivity contribution in [2.75, 3.05) is 17.9 Å². The summed E-state index contributed by atoms with van der Waals surface area (Å²) in [6.45, 7) is 0.162. The predicted octanol–water partition coefficient (Wildman–Crippen LogP) is 4.67. The van der Waals surface area contributed by atoms with Gasteiger partial charge in [0.1, 0.15) is 11.6 Å². The van der Waals surface area contributed by atoms with Crippen molar-refractivity contribution in [3.8, 4) is 28.6 Å². The molecule has 1 aliphatic heterocycles. The Labute approximate surface area is 191 Å². The minimum atomic E-state index is -0.842. The molecule has 0 atom stereocenters. The fourth-order valence-corrected chi connectivity index (χ4v) is 4.05. The first-order chi connectivity index (χ1) is 16.1. The Morgan fingerprint density at radius 3 is 2.64 bits per heavy atom. The summed E-state index contributed by atoms with van der Waals surface area (Å²) in [4.78, 5) is 12.4. The van der Waals surface area contributed by atoms with Gasteiger partial charge in [-0.1, -0.05) is 30.0 Å². The molecule has 3 aromatic carbocycles. The zero-order valence-electron chi connectivity index (χ0n) is 17.0. The molecule has 2 heterocycles. The topological polar surface area (TPSA) is 78.3 Å². The van der Waals surface area contributed by atoms with Gasteiger partial charge in [0.25, 0.3) is 0 Å². The standard InChI is InChI=1S/C23H16F2N4O3S/c24-15-7-8-18(17(25)11-15)26-21(30)12-33-23-28-27-22(29(23)16-4-2-1-3-5-16)14-6-9-19-20(10-14)32-13-31-19/h1-11H,12-13H2,(H,26,30). The number of rotatable bonds is 6. The number of halogens is 2. The third-order valence-corrected chi connectivity index (χ3v) is 5.75. The van der Waals surface area contributed by atoms with Gasteiger partial charge in [0, 0.05) is 17.3 Å². The fraction of sp³-hybridized carbons (Fsp3) is 0.0870. The van der Waals surface area contributed by atoms with Crippen LogP contribution in [0.3, 0.4) is 0 Å². The number of para-hydroxylation sites is 1. The van der Waals surface area contributed by atoms with E-state index in [1.54, 1.807) is 6.07 Å². The number of amides is 1. The van der Waals surface area contributed by atoms with Crippen LogP contribution in [0.1, 0.15) is 0 Å². The molecule has 1 N–H and O–H groups in total. The van der Waals surface area contributed by atoms with Crippen LogP contribution in [0.4, 0.5) is 14.5 Å². The predicted molar refractivity (Wildman–Crippen MR) is 119 cm³/mol. The van der Waals surface area contributed by atoms with E-state index in [2.05, 4.69) is 15.5 Å². The first-order valence-corrected chi connectivity index (χ1v) is 10.9. The summed E-state index contributed by atoms with van der Waals surface area (Å²) in [6.07, 6.45) is 0. The quantitative estimate of drug-likeness (QED) is 0.416. The van der Waals surface area contributed by atoms with Crippen LogP contribution < -0.4 is 14.8 Å². The van der Waals surface area contributed by atoms with Crippen LogP contribution in [0.25, 0.3) is 17.1 Å². The maximum Gasteiger partial charge on any atom is 0.234 e. The molecule has 0 fully saturated rings. The highest BCUT2D eigenvalue weighted by Crippen LogP contribution is 2.37. The number of carbonyl (C=O) groups is 1. The number of carbonyl (C=O) groups excluding carboxylic acids is 1. The Kier molecular flexibility index (Phi) is 5.66. The first-order valence-electron chi connectivity index (χ1n) is 9.87. The van der Waals surface area contributed by atoms with E-state index in [0.717, 1.165) is 29.1 Å². The lowest BCUT2D eigenvalue weighted by Gasteiger charge is -2.11. The molecule has 0 radical (unpaired) electrons. The lowest BCUT2D eigenvalue weighted by molar-refractivity contribution is -0.113. The smallest absolute Gasteiger partial charge is 0.234 e. The minimum absolute atomic E-state index is 0.0527. The maximum absolute atomic E-state index is 13.8. The van der Waals surface area contributed by atoms with Gasteiger partial charge in [0.15, 0.2) is 22.5 Å². The van der Waals surface area contributed by atoms with Gasteiger partial charge in [-0.2, -0.15) is 0 Å². The summed E-state index contributed by atoms with van der Waals surface area (Å²) in [6, 6.07) is 17.9. The number of fused-ring (bicyclic) bond motifs is 1. The number of nitrogens with zero attached hydrogens (tertiary/aromatic N) is 3. The van der Waals surface area contributed by atoms with Crippen LogP contribution in [-0.2, 0) is 4.79 Å². The highest BCUT2D eigenvalue weighted by molar-refractivity contribution is 7.99. The number of thioether (sulfide) groups is 1. The molecule has 1 amide bonds. The second-order valence-corrected chi connectivity index (χ2v) is 7.95. The normalized spacial score (nSPS) is 12.1. The fourth-order valence-electron chi connectivity index (χ4n) is 3.30. The molecule has 1 aliphatic rings. The molecule has 5 rings (SSSR count). The van der Waals surface area contributed by atoms with Crippen LogP contribution in [0.15, 0.2) is 71.9 Å². The average molecular weight is 466 g/mol. The van der Waals surface area contributed by atoms with E-state index >= 15 is 0 Å². The van der Waals surface area contributed by atoms with E-state index in [1.807, 2.05) is 47.0 Å². The van der Waals surface area contributed by atoms with Crippen molar-refractivity contribution in [1.29, 1.82) is 0 Å². The summed E-state index contributed by atoms with van der Waals surface area (Å²) in [5.74, 6) is -0.237. The van der Waals surface area contributed by atoms with Gasteiger partial charge in [-0.05, 0) is 42.5 Å². The number of hydrogen-bond acceptors (Lipinski definition) is 6. The third-order valence-electron chi connectivity index (χ3n) is 4.82. The highest BCUT2D eigenvalue weighted by Gasteiger charge is 2.20. The number of hydrogen-bond donors (Lipinski definition) is 1. The van der Waals surface area contributed by atoms with Crippen molar-refractivity contribution in [3.63, 3.8) is 0 Å². The molecule has 7 nitrogen and oxygen atoms in total. The van der Waals surface area contributed by atoms with E-state index in [9.17, 15) is 13.6 Å². The Morgan fingerprint density at radius 2 is 1.82 bits per heavy atom. The lowest BCUT2D eigenvalue weighted by Crippen LogP contribution is -2.15. The Morgan fingerprint density at radius 1 is 1.00 bits per heavy atom. The van der Waals surface area contributed by atoms with Gasteiger partial charge in [-0.25, -0.2) is 8.78 Å². The largest absolute Gasteiger partial charge is 0.454 e. The number of anilines is 1. The van der Waals surface area contributed by atoms with Gasteiger partial charge in [-0.15, -0.1) is 10.2 Å². The Balaban J connectivity index is 1.41. The van der Waals surface area contributed by atoms with E-state index in [1.165, 1.54) is 6.07 Å². The van der Waals surface area contributed by atoms with Crippen LogP contribution >= 0.6 is 11.8 Å². The SMILES string of the molecule is O=C(CSc1nnc(-c2ccc3c(c2)OCO3)n1-c1ccccc1)Nc1ccc(F)cc1F. The molecule has 0 spiro atoms. The van der Waals surface area contributed by atoms with Gasteiger partial charge in [0.05, 0.1) is 11.4 Å². The third kappa shape index (κ3) is 4.37. The lowest BCUT2D eigenvalue weighted by atomic mass is 10.2. The molecular weight excluding hydrogens is 450 g/mol. The molecular formula is C23H16F2N4O3S. The maximum atomic E-state index is 13.8. The number of ether oxygens (including phenoxy) is 2. The first kappa shape index (κ1) is 21.0. The average Bonchev–Trinajstić information content (AvgIpc) is 3.46. The summed E-state index contributed by atoms with van der Waals surface area (Å²) in [5, 5.41) is 11.5. The van der Waals surface area contributed by atoms with Crippen molar-refractivity contribution in [1.82, 2.24) is 14.8 Å². The van der Waals surface area contributed by atoms with Crippen molar-refractivity contribution in [3.05, 3.63) is 78.4 Å². The number of benzene rings is 3. The van der Waals surface area contributed by atoms with E-state index < -0.39 is 17.5 Å². The van der Waals surface area contributed by atoms with Crippen molar-refractivity contribution < 1.29 is 23.0 Å². The summed E-state index contributed by atoms with van der Waals surface area (Å²) in [5.41, 5.74) is 1.48. The van der Waals surface area contributed by atoms with E-state index in [-0.39, 0.29) is 18.2 Å². The van der Waals surface area contributed by atoms with E-state index in [4.69, 9.17) is 9.47 Å². The minimum Gasteiger partial charge on any atom is -0.454 e. The van der Waals surface area contributed by atoms with Crippen LogP contribution in [-0.4, -0.2) is 33.2 Å². The van der Waals surface area contributed by atoms with Gasteiger partial charge < -0.3 is 14.8 Å². The molecule has 0 saturated heterocycles. The molecule has 4 aromatic rings. The number of nitrogens with one attached hydrogen (secondary N) is 1. The van der Waals surface area contributed by atoms with Crippen molar-refractivity contribution in [2.45, 2.75) is 5.16 Å². The monoisotopic (exact) mass is 466 g/mol. The van der Waals surface area contributed by atoms with Crippen molar-refractivity contribution in [2.24, 2.45) is 0 Å². The summed E-state index contributed by atoms with van der Waals surface area (Å²) < 4.78 is 39.6. The molecule has 33 heavy (non-hydrogen) atoms. The second-order valence-electron chi connectivity index (χ2n) is 7.01. The zero-order chi connectivity index (χ0) is 22.8.